The van der Waals surface area contributed by atoms with Crippen molar-refractivity contribution in [3.05, 3.63) is 18.2 Å². The van der Waals surface area contributed by atoms with Gasteiger partial charge < -0.3 is 9.88 Å². The lowest BCUT2D eigenvalue weighted by atomic mass is 9.95. The van der Waals surface area contributed by atoms with Gasteiger partial charge in [-0.2, -0.15) is 11.8 Å². The first kappa shape index (κ1) is 13.0. The van der Waals surface area contributed by atoms with Gasteiger partial charge in [0.05, 0.1) is 0 Å². The summed E-state index contributed by atoms with van der Waals surface area (Å²) in [6, 6.07) is 0.735. The monoisotopic (exact) mass is 253 g/mol. The van der Waals surface area contributed by atoms with E-state index >= 15 is 0 Å². The molecular weight excluding hydrogens is 230 g/mol. The average Bonchev–Trinajstić information content (AvgIpc) is 2.76. The number of thioether (sulfide) groups is 1. The minimum atomic E-state index is 0.735. The molecule has 1 heterocycles. The van der Waals surface area contributed by atoms with E-state index in [2.05, 4.69) is 28.2 Å². The zero-order valence-electron chi connectivity index (χ0n) is 10.9. The van der Waals surface area contributed by atoms with Gasteiger partial charge in [0.1, 0.15) is 5.82 Å². The van der Waals surface area contributed by atoms with E-state index in [4.69, 9.17) is 0 Å². The molecule has 0 spiro atoms. The minimum absolute atomic E-state index is 0.735. The van der Waals surface area contributed by atoms with Crippen LogP contribution in [0.25, 0.3) is 0 Å². The molecule has 2 rings (SSSR count). The van der Waals surface area contributed by atoms with Crippen LogP contribution < -0.4 is 5.32 Å². The smallest absolute Gasteiger partial charge is 0.109 e. The summed E-state index contributed by atoms with van der Waals surface area (Å²) in [4.78, 5) is 4.34. The topological polar surface area (TPSA) is 29.9 Å². The van der Waals surface area contributed by atoms with E-state index < -0.39 is 0 Å². The van der Waals surface area contributed by atoms with Crippen molar-refractivity contribution in [2.75, 3.05) is 12.8 Å². The predicted octanol–water partition coefficient (Wildman–Crippen LogP) is 2.23. The second kappa shape index (κ2) is 6.45. The molecule has 1 N–H and O–H groups in total. The first-order valence-electron chi connectivity index (χ1n) is 6.52. The highest BCUT2D eigenvalue weighted by molar-refractivity contribution is 7.99. The summed E-state index contributed by atoms with van der Waals surface area (Å²) in [7, 11) is 2.06. The fourth-order valence-electron chi connectivity index (χ4n) is 2.53. The fraction of sp³-hybridized carbons (Fsp3) is 0.769. The van der Waals surface area contributed by atoms with Crippen molar-refractivity contribution in [3.63, 3.8) is 0 Å². The van der Waals surface area contributed by atoms with Crippen LogP contribution in [0.1, 0.15) is 31.5 Å². The minimum Gasteiger partial charge on any atom is -0.338 e. The largest absolute Gasteiger partial charge is 0.338 e. The van der Waals surface area contributed by atoms with Gasteiger partial charge in [0.15, 0.2) is 0 Å². The first-order chi connectivity index (χ1) is 8.29. The van der Waals surface area contributed by atoms with Crippen LogP contribution in [0.3, 0.4) is 0 Å². The Morgan fingerprint density at radius 3 is 2.76 bits per heavy atom. The molecule has 17 heavy (non-hydrogen) atoms. The average molecular weight is 253 g/mol. The molecule has 0 atom stereocenters. The van der Waals surface area contributed by atoms with Crippen molar-refractivity contribution in [3.8, 4) is 0 Å². The molecule has 0 radical (unpaired) electrons. The van der Waals surface area contributed by atoms with Crippen molar-refractivity contribution in [1.82, 2.24) is 14.9 Å². The number of aromatic nitrogens is 2. The molecule has 0 bridgehead atoms. The van der Waals surface area contributed by atoms with Crippen molar-refractivity contribution < 1.29 is 0 Å². The SMILES string of the molecule is CSC1CCC(NCCc2nccn2C)CC1. The van der Waals surface area contributed by atoms with Crippen molar-refractivity contribution >= 4 is 11.8 Å². The molecule has 0 aliphatic heterocycles. The van der Waals surface area contributed by atoms with Gasteiger partial charge in [-0.25, -0.2) is 4.98 Å². The van der Waals surface area contributed by atoms with Crippen molar-refractivity contribution in [2.45, 2.75) is 43.4 Å². The summed E-state index contributed by atoms with van der Waals surface area (Å²) in [6.07, 6.45) is 12.6. The molecule has 1 fully saturated rings. The zero-order chi connectivity index (χ0) is 12.1. The summed E-state index contributed by atoms with van der Waals surface area (Å²) in [6.45, 7) is 1.06. The molecule has 3 nitrogen and oxygen atoms in total. The molecule has 1 aliphatic rings. The van der Waals surface area contributed by atoms with E-state index in [-0.39, 0.29) is 0 Å². The van der Waals surface area contributed by atoms with Gasteiger partial charge in [-0.3, -0.25) is 0 Å². The number of imidazole rings is 1. The summed E-state index contributed by atoms with van der Waals surface area (Å²) in [5.74, 6) is 1.18. The van der Waals surface area contributed by atoms with Gasteiger partial charge in [0.2, 0.25) is 0 Å². The molecule has 1 aromatic heterocycles. The highest BCUT2D eigenvalue weighted by atomic mass is 32.2. The Labute approximate surface area is 108 Å². The normalized spacial score (nSPS) is 25.1. The number of hydrogen-bond donors (Lipinski definition) is 1. The third-order valence-electron chi connectivity index (χ3n) is 3.71. The van der Waals surface area contributed by atoms with Crippen LogP contribution in [0.5, 0.6) is 0 Å². The molecule has 96 valence electrons. The van der Waals surface area contributed by atoms with Crippen LogP contribution in [0, 0.1) is 0 Å². The Kier molecular flexibility index (Phi) is 4.92. The number of nitrogens with one attached hydrogen (secondary N) is 1. The maximum Gasteiger partial charge on any atom is 0.109 e. The number of hydrogen-bond acceptors (Lipinski definition) is 3. The maximum absolute atomic E-state index is 4.34. The Morgan fingerprint density at radius 1 is 1.41 bits per heavy atom. The maximum atomic E-state index is 4.34. The molecule has 0 unspecified atom stereocenters. The molecule has 1 aliphatic carbocycles. The Hall–Kier alpha value is -0.480. The van der Waals surface area contributed by atoms with E-state index in [1.807, 2.05) is 24.2 Å². The van der Waals surface area contributed by atoms with E-state index in [9.17, 15) is 0 Å². The van der Waals surface area contributed by atoms with Gasteiger partial charge in [-0.15, -0.1) is 0 Å². The molecule has 0 aromatic carbocycles. The molecule has 1 saturated carbocycles. The fourth-order valence-corrected chi connectivity index (χ4v) is 3.27. The molecular formula is C13H23N3S. The number of nitrogens with zero attached hydrogens (tertiary/aromatic N) is 2. The van der Waals surface area contributed by atoms with Gasteiger partial charge in [0.25, 0.3) is 0 Å². The van der Waals surface area contributed by atoms with Crippen LogP contribution in [-0.2, 0) is 13.5 Å². The lowest BCUT2D eigenvalue weighted by Crippen LogP contribution is -2.35. The standard InChI is InChI=1S/C13H23N3S/c1-16-10-9-15-13(16)7-8-14-11-3-5-12(17-2)6-4-11/h9-12,14H,3-8H2,1-2H3. The summed E-state index contributed by atoms with van der Waals surface area (Å²) in [5.41, 5.74) is 0. The van der Waals surface area contributed by atoms with E-state index in [1.165, 1.54) is 31.5 Å². The molecule has 0 amide bonds. The Morgan fingerprint density at radius 2 is 2.18 bits per heavy atom. The quantitative estimate of drug-likeness (QED) is 0.872. The molecule has 4 heteroatoms. The third kappa shape index (κ3) is 3.75. The van der Waals surface area contributed by atoms with Crippen LogP contribution >= 0.6 is 11.8 Å². The lowest BCUT2D eigenvalue weighted by molar-refractivity contribution is 0.381. The van der Waals surface area contributed by atoms with E-state index in [0.717, 1.165) is 24.3 Å². The van der Waals surface area contributed by atoms with Crippen LogP contribution in [0.2, 0.25) is 0 Å². The van der Waals surface area contributed by atoms with Gasteiger partial charge in [0, 0.05) is 43.7 Å². The highest BCUT2D eigenvalue weighted by Gasteiger charge is 2.19. The summed E-state index contributed by atoms with van der Waals surface area (Å²) in [5, 5.41) is 4.57. The Bertz CT molecular complexity index is 329. The number of rotatable bonds is 5. The van der Waals surface area contributed by atoms with Crippen LogP contribution in [0.4, 0.5) is 0 Å². The van der Waals surface area contributed by atoms with E-state index in [1.54, 1.807) is 0 Å². The number of aryl methyl sites for hydroxylation is 1. The second-order valence-corrected chi connectivity index (χ2v) is 6.01. The lowest BCUT2D eigenvalue weighted by Gasteiger charge is -2.28. The van der Waals surface area contributed by atoms with Crippen molar-refractivity contribution in [2.24, 2.45) is 7.05 Å². The zero-order valence-corrected chi connectivity index (χ0v) is 11.7. The van der Waals surface area contributed by atoms with Crippen LogP contribution in [-0.4, -0.2) is 33.6 Å². The molecule has 0 saturated heterocycles. The van der Waals surface area contributed by atoms with Crippen molar-refractivity contribution in [1.29, 1.82) is 0 Å². The van der Waals surface area contributed by atoms with Crippen LogP contribution in [0.15, 0.2) is 12.4 Å². The van der Waals surface area contributed by atoms with Gasteiger partial charge >= 0.3 is 0 Å². The highest BCUT2D eigenvalue weighted by Crippen LogP contribution is 2.26. The summed E-state index contributed by atoms with van der Waals surface area (Å²) < 4.78 is 2.10. The van der Waals surface area contributed by atoms with Gasteiger partial charge in [-0.1, -0.05) is 0 Å². The Balaban J connectivity index is 1.65. The predicted molar refractivity (Wildman–Crippen MR) is 74.5 cm³/mol. The van der Waals surface area contributed by atoms with E-state index in [0.29, 0.717) is 0 Å². The summed E-state index contributed by atoms with van der Waals surface area (Å²) >= 11 is 2.03. The first-order valence-corrected chi connectivity index (χ1v) is 7.80. The van der Waals surface area contributed by atoms with Gasteiger partial charge in [-0.05, 0) is 31.9 Å². The second-order valence-electron chi connectivity index (χ2n) is 4.87. The molecule has 1 aromatic rings. The third-order valence-corrected chi connectivity index (χ3v) is 4.85.